The van der Waals surface area contributed by atoms with Crippen molar-refractivity contribution >= 4 is 23.3 Å². The van der Waals surface area contributed by atoms with Gasteiger partial charge in [-0.3, -0.25) is 10.1 Å². The summed E-state index contributed by atoms with van der Waals surface area (Å²) in [6.45, 7) is 3.62. The van der Waals surface area contributed by atoms with Crippen molar-refractivity contribution in [2.45, 2.75) is 19.8 Å². The molecule has 29 heavy (non-hydrogen) atoms. The van der Waals surface area contributed by atoms with Crippen LogP contribution in [-0.2, 0) is 4.74 Å². The van der Waals surface area contributed by atoms with Gasteiger partial charge in [-0.2, -0.15) is 0 Å². The van der Waals surface area contributed by atoms with Gasteiger partial charge in [0.2, 0.25) is 0 Å². The summed E-state index contributed by atoms with van der Waals surface area (Å²) in [7, 11) is 1.28. The van der Waals surface area contributed by atoms with Gasteiger partial charge in [0, 0.05) is 19.2 Å². The first kappa shape index (κ1) is 20.3. The fraction of sp³-hybridized carbons (Fsp3) is 0.333. The maximum absolute atomic E-state index is 12.5. The Balaban J connectivity index is 1.79. The van der Waals surface area contributed by atoms with Gasteiger partial charge in [-0.15, -0.1) is 0 Å². The SMILES string of the molecule is COC(=O)c1ccc(OC(=O)c2ccc(N3CCCC(C)C3)c([N+](=O)[O-])c2)cc1. The summed E-state index contributed by atoms with van der Waals surface area (Å²) in [5.41, 5.74) is 0.806. The molecule has 0 radical (unpaired) electrons. The van der Waals surface area contributed by atoms with E-state index in [1.54, 1.807) is 6.07 Å². The molecule has 3 rings (SSSR count). The summed E-state index contributed by atoms with van der Waals surface area (Å²) in [6, 6.07) is 10.2. The van der Waals surface area contributed by atoms with E-state index in [2.05, 4.69) is 11.7 Å². The lowest BCUT2D eigenvalue weighted by Gasteiger charge is -2.32. The van der Waals surface area contributed by atoms with Crippen molar-refractivity contribution in [3.63, 3.8) is 0 Å². The van der Waals surface area contributed by atoms with Gasteiger partial charge in [0.25, 0.3) is 5.69 Å². The lowest BCUT2D eigenvalue weighted by molar-refractivity contribution is -0.384. The van der Waals surface area contributed by atoms with Crippen LogP contribution in [0.25, 0.3) is 0 Å². The van der Waals surface area contributed by atoms with Gasteiger partial charge in [0.05, 0.1) is 23.2 Å². The van der Waals surface area contributed by atoms with Gasteiger partial charge < -0.3 is 14.4 Å². The van der Waals surface area contributed by atoms with Gasteiger partial charge >= 0.3 is 11.9 Å². The highest BCUT2D eigenvalue weighted by molar-refractivity contribution is 5.93. The average Bonchev–Trinajstić information content (AvgIpc) is 2.73. The molecule has 0 amide bonds. The topological polar surface area (TPSA) is 99.0 Å². The first-order chi connectivity index (χ1) is 13.9. The summed E-state index contributed by atoms with van der Waals surface area (Å²) in [4.78, 5) is 37.0. The molecule has 0 N–H and O–H groups in total. The summed E-state index contributed by atoms with van der Waals surface area (Å²) in [5.74, 6) is -0.529. The van der Waals surface area contributed by atoms with Crippen LogP contribution in [0.1, 0.15) is 40.5 Å². The fourth-order valence-corrected chi connectivity index (χ4v) is 3.42. The van der Waals surface area contributed by atoms with Crippen molar-refractivity contribution < 1.29 is 24.0 Å². The number of rotatable bonds is 5. The van der Waals surface area contributed by atoms with Crippen molar-refractivity contribution in [1.82, 2.24) is 0 Å². The minimum absolute atomic E-state index is 0.0857. The van der Waals surface area contributed by atoms with Crippen molar-refractivity contribution in [2.75, 3.05) is 25.1 Å². The van der Waals surface area contributed by atoms with E-state index in [1.807, 2.05) is 4.90 Å². The molecule has 8 nitrogen and oxygen atoms in total. The van der Waals surface area contributed by atoms with Crippen molar-refractivity contribution in [1.29, 1.82) is 0 Å². The van der Waals surface area contributed by atoms with E-state index in [1.165, 1.54) is 43.5 Å². The Morgan fingerprint density at radius 1 is 1.10 bits per heavy atom. The summed E-state index contributed by atoms with van der Waals surface area (Å²) in [5, 5.41) is 11.6. The molecule has 152 valence electrons. The molecule has 1 atom stereocenters. The Hall–Kier alpha value is -3.42. The third-order valence-corrected chi connectivity index (χ3v) is 4.89. The van der Waals surface area contributed by atoms with Crippen LogP contribution >= 0.6 is 0 Å². The number of carbonyl (C=O) groups excluding carboxylic acids is 2. The zero-order valence-electron chi connectivity index (χ0n) is 16.3. The molecular weight excluding hydrogens is 376 g/mol. The highest BCUT2D eigenvalue weighted by Gasteiger charge is 2.25. The number of esters is 2. The first-order valence-electron chi connectivity index (χ1n) is 9.33. The molecule has 0 bridgehead atoms. The van der Waals surface area contributed by atoms with Crippen molar-refractivity contribution in [3.05, 3.63) is 63.7 Å². The second-order valence-corrected chi connectivity index (χ2v) is 7.06. The molecular formula is C21H22N2O6. The van der Waals surface area contributed by atoms with Gasteiger partial charge in [0.15, 0.2) is 0 Å². The van der Waals surface area contributed by atoms with Crippen LogP contribution in [0.4, 0.5) is 11.4 Å². The van der Waals surface area contributed by atoms with E-state index >= 15 is 0 Å². The van der Waals surface area contributed by atoms with E-state index in [0.29, 0.717) is 17.2 Å². The zero-order chi connectivity index (χ0) is 21.0. The number of carbonyl (C=O) groups is 2. The number of nitro groups is 1. The van der Waals surface area contributed by atoms with Gasteiger partial charge in [-0.1, -0.05) is 6.92 Å². The van der Waals surface area contributed by atoms with Crippen molar-refractivity contribution in [2.24, 2.45) is 5.92 Å². The van der Waals surface area contributed by atoms with Crippen LogP contribution in [-0.4, -0.2) is 37.1 Å². The maximum Gasteiger partial charge on any atom is 0.343 e. The number of ether oxygens (including phenoxy) is 2. The molecule has 1 aliphatic rings. The first-order valence-corrected chi connectivity index (χ1v) is 9.33. The number of anilines is 1. The number of methoxy groups -OCH3 is 1. The smallest absolute Gasteiger partial charge is 0.343 e. The Morgan fingerprint density at radius 3 is 2.41 bits per heavy atom. The van der Waals surface area contributed by atoms with E-state index < -0.39 is 16.9 Å². The summed E-state index contributed by atoms with van der Waals surface area (Å²) < 4.78 is 9.89. The average molecular weight is 398 g/mol. The number of benzene rings is 2. The molecule has 1 heterocycles. The van der Waals surface area contributed by atoms with Crippen LogP contribution in [0.5, 0.6) is 5.75 Å². The van der Waals surface area contributed by atoms with E-state index in [4.69, 9.17) is 4.74 Å². The normalized spacial score (nSPS) is 16.2. The minimum atomic E-state index is -0.711. The molecule has 0 aliphatic carbocycles. The number of hydrogen-bond donors (Lipinski definition) is 0. The molecule has 1 aliphatic heterocycles. The fourth-order valence-electron chi connectivity index (χ4n) is 3.42. The zero-order valence-corrected chi connectivity index (χ0v) is 16.3. The van der Waals surface area contributed by atoms with E-state index in [9.17, 15) is 19.7 Å². The molecule has 0 aromatic heterocycles. The number of piperidine rings is 1. The molecule has 1 saturated heterocycles. The van der Waals surface area contributed by atoms with Crippen LogP contribution in [0.3, 0.4) is 0 Å². The van der Waals surface area contributed by atoms with Gasteiger partial charge in [0.1, 0.15) is 11.4 Å². The molecule has 2 aromatic rings. The largest absolute Gasteiger partial charge is 0.465 e. The Morgan fingerprint density at radius 2 is 1.79 bits per heavy atom. The molecule has 1 unspecified atom stereocenters. The van der Waals surface area contributed by atoms with Gasteiger partial charge in [-0.25, -0.2) is 9.59 Å². The molecule has 1 fully saturated rings. The maximum atomic E-state index is 12.5. The molecule has 0 spiro atoms. The highest BCUT2D eigenvalue weighted by Crippen LogP contribution is 2.32. The van der Waals surface area contributed by atoms with Crippen LogP contribution in [0, 0.1) is 16.0 Å². The number of nitro benzene ring substituents is 1. The van der Waals surface area contributed by atoms with E-state index in [0.717, 1.165) is 25.9 Å². The molecule has 8 heteroatoms. The lowest BCUT2D eigenvalue weighted by atomic mass is 9.99. The van der Waals surface area contributed by atoms with E-state index in [-0.39, 0.29) is 17.0 Å². The van der Waals surface area contributed by atoms with Crippen LogP contribution < -0.4 is 9.64 Å². The Bertz CT molecular complexity index is 925. The van der Waals surface area contributed by atoms with Crippen LogP contribution in [0.2, 0.25) is 0 Å². The monoisotopic (exact) mass is 398 g/mol. The van der Waals surface area contributed by atoms with Crippen LogP contribution in [0.15, 0.2) is 42.5 Å². The third-order valence-electron chi connectivity index (χ3n) is 4.89. The number of nitrogens with zero attached hydrogens (tertiary/aromatic N) is 2. The summed E-state index contributed by atoms with van der Waals surface area (Å²) in [6.07, 6.45) is 2.08. The highest BCUT2D eigenvalue weighted by atomic mass is 16.6. The van der Waals surface area contributed by atoms with Gasteiger partial charge in [-0.05, 0) is 55.2 Å². The molecule has 2 aromatic carbocycles. The van der Waals surface area contributed by atoms with Crippen molar-refractivity contribution in [3.8, 4) is 5.75 Å². The second-order valence-electron chi connectivity index (χ2n) is 7.06. The minimum Gasteiger partial charge on any atom is -0.465 e. The number of hydrogen-bond acceptors (Lipinski definition) is 7. The summed E-state index contributed by atoms with van der Waals surface area (Å²) >= 11 is 0. The standard InChI is InChI=1S/C21H22N2O6/c1-14-4-3-11-22(13-14)18-10-7-16(12-19(18)23(26)27)21(25)29-17-8-5-15(6-9-17)20(24)28-2/h5-10,12,14H,3-4,11,13H2,1-2H3. The lowest BCUT2D eigenvalue weighted by Crippen LogP contribution is -2.34. The second kappa shape index (κ2) is 8.72. The third kappa shape index (κ3) is 4.71. The molecule has 0 saturated carbocycles. The Kier molecular flexibility index (Phi) is 6.11. The Labute approximate surface area is 168 Å². The quantitative estimate of drug-likeness (QED) is 0.326. The predicted molar refractivity (Wildman–Crippen MR) is 106 cm³/mol. The predicted octanol–water partition coefficient (Wildman–Crippen LogP) is 3.84.